The van der Waals surface area contributed by atoms with Gasteiger partial charge in [-0.1, -0.05) is 12.1 Å². The first-order chi connectivity index (χ1) is 12.7. The molecule has 0 unspecified atom stereocenters. The molecule has 1 aliphatic rings. The van der Waals surface area contributed by atoms with Crippen molar-refractivity contribution >= 4 is 6.09 Å². The van der Waals surface area contributed by atoms with Crippen LogP contribution in [-0.2, 0) is 4.74 Å². The van der Waals surface area contributed by atoms with E-state index < -0.39 is 5.60 Å². The Labute approximate surface area is 159 Å². The predicted molar refractivity (Wildman–Crippen MR) is 101 cm³/mol. The quantitative estimate of drug-likeness (QED) is 0.766. The van der Waals surface area contributed by atoms with Gasteiger partial charge >= 0.3 is 6.09 Å². The fourth-order valence-corrected chi connectivity index (χ4v) is 2.79. The highest BCUT2D eigenvalue weighted by molar-refractivity contribution is 5.69. The van der Waals surface area contributed by atoms with Crippen LogP contribution in [0.2, 0.25) is 0 Å². The van der Waals surface area contributed by atoms with Gasteiger partial charge in [0.1, 0.15) is 23.8 Å². The molecule has 1 heterocycles. The monoisotopic (exact) mass is 372 g/mol. The summed E-state index contributed by atoms with van der Waals surface area (Å²) in [5.74, 6) is 0.287. The number of hydrogen-bond donors (Lipinski definition) is 0. The molecule has 0 atom stereocenters. The number of ether oxygens (including phenoxy) is 2. The molecule has 0 aliphatic heterocycles. The number of carbonyl (C=O) groups excluding carboxylic acids is 1. The molecule has 2 aromatic rings. The van der Waals surface area contributed by atoms with E-state index in [1.807, 2.05) is 32.9 Å². The largest absolute Gasteiger partial charge is 0.490 e. The Morgan fingerprint density at radius 2 is 1.96 bits per heavy atom. The van der Waals surface area contributed by atoms with Crippen LogP contribution in [0, 0.1) is 5.82 Å². The number of nitrogens with zero attached hydrogens (tertiary/aromatic N) is 2. The van der Waals surface area contributed by atoms with Gasteiger partial charge in [0.2, 0.25) is 0 Å². The molecular weight excluding hydrogens is 347 g/mol. The molecule has 1 amide bonds. The van der Waals surface area contributed by atoms with Gasteiger partial charge < -0.3 is 14.4 Å². The molecule has 0 bridgehead atoms. The molecule has 1 aromatic heterocycles. The summed E-state index contributed by atoms with van der Waals surface area (Å²) in [6, 6.07) is 8.17. The molecule has 0 radical (unpaired) electrons. The van der Waals surface area contributed by atoms with Crippen LogP contribution in [0.15, 0.2) is 42.7 Å². The third kappa shape index (κ3) is 4.76. The Morgan fingerprint density at radius 3 is 2.59 bits per heavy atom. The Bertz CT molecular complexity index is 828. The number of benzene rings is 1. The van der Waals surface area contributed by atoms with Crippen molar-refractivity contribution in [3.8, 4) is 16.9 Å². The molecule has 6 heteroatoms. The standard InChI is InChI=1S/C21H25FN2O3/c1-20(2,3)27-19(25)24(4)21(8-9-21)14-26-18-11-16(12-23-13-18)15-6-5-7-17(22)10-15/h5-7,10-13H,8-9,14H2,1-4H3. The zero-order valence-electron chi connectivity index (χ0n) is 16.2. The highest BCUT2D eigenvalue weighted by Crippen LogP contribution is 2.42. The minimum absolute atomic E-state index is 0.297. The van der Waals surface area contributed by atoms with Gasteiger partial charge in [0.15, 0.2) is 0 Å². The van der Waals surface area contributed by atoms with Crippen LogP contribution >= 0.6 is 0 Å². The van der Waals surface area contributed by atoms with Crippen LogP contribution in [0.4, 0.5) is 9.18 Å². The molecule has 0 N–H and O–H groups in total. The van der Waals surface area contributed by atoms with Gasteiger partial charge in [-0.05, 0) is 57.4 Å². The second kappa shape index (κ2) is 7.18. The molecule has 0 spiro atoms. The molecule has 144 valence electrons. The lowest BCUT2D eigenvalue weighted by Gasteiger charge is -2.30. The van der Waals surface area contributed by atoms with Crippen molar-refractivity contribution in [2.45, 2.75) is 44.8 Å². The second-order valence-corrected chi connectivity index (χ2v) is 7.97. The number of aromatic nitrogens is 1. The number of halogens is 1. The molecule has 1 saturated carbocycles. The van der Waals surface area contributed by atoms with Gasteiger partial charge in [-0.15, -0.1) is 0 Å². The summed E-state index contributed by atoms with van der Waals surface area (Å²) < 4.78 is 24.8. The molecule has 1 fully saturated rings. The Hall–Kier alpha value is -2.63. The number of pyridine rings is 1. The van der Waals surface area contributed by atoms with E-state index in [1.54, 1.807) is 30.4 Å². The van der Waals surface area contributed by atoms with Gasteiger partial charge in [0.25, 0.3) is 0 Å². The van der Waals surface area contributed by atoms with Crippen LogP contribution in [-0.4, -0.2) is 40.8 Å². The van der Waals surface area contributed by atoms with E-state index in [0.717, 1.165) is 24.0 Å². The normalized spacial score (nSPS) is 15.1. The summed E-state index contributed by atoms with van der Waals surface area (Å²) in [7, 11) is 1.74. The first-order valence-corrected chi connectivity index (χ1v) is 8.99. The molecule has 1 aliphatic carbocycles. The van der Waals surface area contributed by atoms with E-state index in [0.29, 0.717) is 12.4 Å². The fourth-order valence-electron chi connectivity index (χ4n) is 2.79. The second-order valence-electron chi connectivity index (χ2n) is 7.97. The zero-order chi connectivity index (χ0) is 19.7. The predicted octanol–water partition coefficient (Wildman–Crippen LogP) is 4.67. The molecule has 3 rings (SSSR count). The summed E-state index contributed by atoms with van der Waals surface area (Å²) in [5.41, 5.74) is 0.625. The van der Waals surface area contributed by atoms with Crippen LogP contribution in [0.1, 0.15) is 33.6 Å². The van der Waals surface area contributed by atoms with Gasteiger partial charge in [0, 0.05) is 18.8 Å². The van der Waals surface area contributed by atoms with Crippen molar-refractivity contribution < 1.29 is 18.7 Å². The Balaban J connectivity index is 1.66. The zero-order valence-corrected chi connectivity index (χ0v) is 16.2. The molecule has 1 aromatic carbocycles. The van der Waals surface area contributed by atoms with Crippen LogP contribution in [0.25, 0.3) is 11.1 Å². The van der Waals surface area contributed by atoms with Crippen molar-refractivity contribution in [2.24, 2.45) is 0 Å². The fraction of sp³-hybridized carbons (Fsp3) is 0.429. The highest BCUT2D eigenvalue weighted by Gasteiger charge is 2.50. The number of rotatable bonds is 5. The van der Waals surface area contributed by atoms with E-state index >= 15 is 0 Å². The van der Waals surface area contributed by atoms with Crippen LogP contribution < -0.4 is 4.74 Å². The van der Waals surface area contributed by atoms with Gasteiger partial charge in [-0.25, -0.2) is 9.18 Å². The summed E-state index contributed by atoms with van der Waals surface area (Å²) in [4.78, 5) is 18.1. The van der Waals surface area contributed by atoms with E-state index in [4.69, 9.17) is 9.47 Å². The van der Waals surface area contributed by atoms with Gasteiger partial charge in [-0.3, -0.25) is 4.98 Å². The Morgan fingerprint density at radius 1 is 1.22 bits per heavy atom. The minimum atomic E-state index is -0.536. The highest BCUT2D eigenvalue weighted by atomic mass is 19.1. The van der Waals surface area contributed by atoms with E-state index in [2.05, 4.69) is 4.98 Å². The van der Waals surface area contributed by atoms with E-state index in [9.17, 15) is 9.18 Å². The molecule has 27 heavy (non-hydrogen) atoms. The first-order valence-electron chi connectivity index (χ1n) is 8.99. The van der Waals surface area contributed by atoms with Crippen molar-refractivity contribution in [1.29, 1.82) is 0 Å². The van der Waals surface area contributed by atoms with Crippen LogP contribution in [0.3, 0.4) is 0 Å². The van der Waals surface area contributed by atoms with E-state index in [-0.39, 0.29) is 17.4 Å². The lowest BCUT2D eigenvalue weighted by molar-refractivity contribution is 0.0139. The van der Waals surface area contributed by atoms with E-state index in [1.165, 1.54) is 12.1 Å². The minimum Gasteiger partial charge on any atom is -0.490 e. The molecule has 5 nitrogen and oxygen atoms in total. The number of likely N-dealkylation sites (N-methyl/N-ethyl adjacent to an activating group) is 1. The summed E-state index contributed by atoms with van der Waals surface area (Å²) in [6.45, 7) is 5.90. The third-order valence-electron chi connectivity index (χ3n) is 4.58. The average Bonchev–Trinajstić information content (AvgIpc) is 3.39. The maximum Gasteiger partial charge on any atom is 0.410 e. The van der Waals surface area contributed by atoms with Crippen molar-refractivity contribution in [3.05, 3.63) is 48.5 Å². The maximum absolute atomic E-state index is 13.4. The summed E-state index contributed by atoms with van der Waals surface area (Å²) in [5, 5.41) is 0. The first kappa shape index (κ1) is 19.1. The Kier molecular flexibility index (Phi) is 5.09. The number of carbonyl (C=O) groups is 1. The SMILES string of the molecule is CN(C(=O)OC(C)(C)C)C1(COc2cncc(-c3cccc(F)c3)c2)CC1. The summed E-state index contributed by atoms with van der Waals surface area (Å²) in [6.07, 6.45) is 4.66. The number of amides is 1. The third-order valence-corrected chi connectivity index (χ3v) is 4.58. The maximum atomic E-state index is 13.4. The van der Waals surface area contributed by atoms with Crippen molar-refractivity contribution in [1.82, 2.24) is 9.88 Å². The number of hydrogen-bond acceptors (Lipinski definition) is 4. The smallest absolute Gasteiger partial charge is 0.410 e. The van der Waals surface area contributed by atoms with Gasteiger partial charge in [-0.2, -0.15) is 0 Å². The van der Waals surface area contributed by atoms with Crippen molar-refractivity contribution in [3.63, 3.8) is 0 Å². The topological polar surface area (TPSA) is 51.7 Å². The lowest BCUT2D eigenvalue weighted by atomic mass is 10.1. The molecular formula is C21H25FN2O3. The lowest BCUT2D eigenvalue weighted by Crippen LogP contribution is -2.45. The van der Waals surface area contributed by atoms with Gasteiger partial charge in [0.05, 0.1) is 11.7 Å². The average molecular weight is 372 g/mol. The van der Waals surface area contributed by atoms with Crippen LogP contribution in [0.5, 0.6) is 5.75 Å². The molecule has 0 saturated heterocycles. The van der Waals surface area contributed by atoms with Crippen molar-refractivity contribution in [2.75, 3.05) is 13.7 Å². The summed E-state index contributed by atoms with van der Waals surface area (Å²) >= 11 is 0.